The smallest absolute Gasteiger partial charge is 0.258 e. The second-order valence-corrected chi connectivity index (χ2v) is 2.77. The summed E-state index contributed by atoms with van der Waals surface area (Å²) < 4.78 is 5.26. The number of aromatic nitrogens is 2. The first kappa shape index (κ1) is 6.67. The quantitative estimate of drug-likeness (QED) is 0.607. The van der Waals surface area contributed by atoms with Crippen molar-refractivity contribution in [2.45, 2.75) is 5.22 Å². The van der Waals surface area contributed by atoms with Crippen molar-refractivity contribution in [3.63, 3.8) is 0 Å². The summed E-state index contributed by atoms with van der Waals surface area (Å²) in [5.41, 5.74) is 1.42. The highest BCUT2D eigenvalue weighted by atomic mass is 32.2. The van der Waals surface area contributed by atoms with Crippen LogP contribution in [0.5, 0.6) is 0 Å². The number of rotatable bonds is 1. The summed E-state index contributed by atoms with van der Waals surface area (Å²) >= 11 is 1.48. The predicted molar refractivity (Wildman–Crippen MR) is 43.6 cm³/mol. The molecular formula is C7H6N2OS. The summed E-state index contributed by atoms with van der Waals surface area (Å²) in [7, 11) is 0. The Balaban J connectivity index is 2.69. The molecule has 0 aliphatic heterocycles. The van der Waals surface area contributed by atoms with E-state index in [0.717, 1.165) is 5.52 Å². The van der Waals surface area contributed by atoms with Gasteiger partial charge in [-0.3, -0.25) is 0 Å². The lowest BCUT2D eigenvalue weighted by Crippen LogP contribution is -1.69. The van der Waals surface area contributed by atoms with E-state index in [4.69, 9.17) is 4.42 Å². The van der Waals surface area contributed by atoms with Crippen LogP contribution in [0.15, 0.2) is 28.0 Å². The molecule has 0 saturated heterocycles. The lowest BCUT2D eigenvalue weighted by molar-refractivity contribution is 0.482. The van der Waals surface area contributed by atoms with Gasteiger partial charge in [0.1, 0.15) is 5.52 Å². The monoisotopic (exact) mass is 166 g/mol. The molecule has 2 rings (SSSR count). The van der Waals surface area contributed by atoms with Crippen molar-refractivity contribution in [3.8, 4) is 0 Å². The van der Waals surface area contributed by atoms with Crippen molar-refractivity contribution in [2.75, 3.05) is 6.26 Å². The van der Waals surface area contributed by atoms with Gasteiger partial charge in [0.25, 0.3) is 5.22 Å². The van der Waals surface area contributed by atoms with Gasteiger partial charge >= 0.3 is 0 Å². The second-order valence-electron chi connectivity index (χ2n) is 2.01. The van der Waals surface area contributed by atoms with Crippen LogP contribution in [0, 0.1) is 0 Å². The summed E-state index contributed by atoms with van der Waals surface area (Å²) in [5.74, 6) is 0. The maximum atomic E-state index is 5.26. The zero-order valence-electron chi connectivity index (χ0n) is 5.94. The van der Waals surface area contributed by atoms with Crippen LogP contribution in [0.25, 0.3) is 11.2 Å². The molecular weight excluding hydrogens is 160 g/mol. The first-order valence-corrected chi connectivity index (χ1v) is 4.38. The molecule has 0 aromatic carbocycles. The van der Waals surface area contributed by atoms with Gasteiger partial charge in [0, 0.05) is 6.20 Å². The minimum atomic E-state index is 0.608. The van der Waals surface area contributed by atoms with Crippen LogP contribution in [0.3, 0.4) is 0 Å². The van der Waals surface area contributed by atoms with Crippen LogP contribution in [-0.2, 0) is 0 Å². The van der Waals surface area contributed by atoms with E-state index in [1.807, 2.05) is 18.4 Å². The maximum Gasteiger partial charge on any atom is 0.258 e. The Morgan fingerprint density at radius 1 is 1.55 bits per heavy atom. The van der Waals surface area contributed by atoms with E-state index in [1.54, 1.807) is 6.20 Å². The fourth-order valence-electron chi connectivity index (χ4n) is 0.837. The highest BCUT2D eigenvalue weighted by Crippen LogP contribution is 2.18. The Labute approximate surface area is 67.8 Å². The third-order valence-corrected chi connectivity index (χ3v) is 1.85. The van der Waals surface area contributed by atoms with Crippen molar-refractivity contribution < 1.29 is 4.42 Å². The number of hydrogen-bond acceptors (Lipinski definition) is 4. The number of hydrogen-bond donors (Lipinski definition) is 0. The SMILES string of the molecule is CSc1nc2cccnc2o1. The summed E-state index contributed by atoms with van der Waals surface area (Å²) in [6.45, 7) is 0. The third-order valence-electron chi connectivity index (χ3n) is 1.32. The zero-order chi connectivity index (χ0) is 7.68. The van der Waals surface area contributed by atoms with Crippen LogP contribution in [0.2, 0.25) is 0 Å². The summed E-state index contributed by atoms with van der Waals surface area (Å²) in [5, 5.41) is 0.665. The number of nitrogens with zero attached hydrogens (tertiary/aromatic N) is 2. The molecule has 0 radical (unpaired) electrons. The molecule has 0 spiro atoms. The minimum Gasteiger partial charge on any atom is -0.412 e. The highest BCUT2D eigenvalue weighted by molar-refractivity contribution is 7.98. The molecule has 2 aromatic heterocycles. The molecule has 4 heteroatoms. The molecule has 0 N–H and O–H groups in total. The molecule has 0 atom stereocenters. The fourth-order valence-corrected chi connectivity index (χ4v) is 1.19. The van der Waals surface area contributed by atoms with Crippen LogP contribution in [-0.4, -0.2) is 16.2 Å². The normalized spacial score (nSPS) is 10.6. The van der Waals surface area contributed by atoms with Crippen molar-refractivity contribution >= 4 is 23.0 Å². The predicted octanol–water partition coefficient (Wildman–Crippen LogP) is 1.94. The van der Waals surface area contributed by atoms with Crippen molar-refractivity contribution in [3.05, 3.63) is 18.3 Å². The molecule has 11 heavy (non-hydrogen) atoms. The second kappa shape index (κ2) is 2.54. The molecule has 0 bridgehead atoms. The Kier molecular flexibility index (Phi) is 1.54. The highest BCUT2D eigenvalue weighted by Gasteiger charge is 2.02. The number of fused-ring (bicyclic) bond motifs is 1. The van der Waals surface area contributed by atoms with E-state index in [2.05, 4.69) is 9.97 Å². The molecule has 56 valence electrons. The average Bonchev–Trinajstić information content (AvgIpc) is 2.46. The Morgan fingerprint density at radius 2 is 2.45 bits per heavy atom. The van der Waals surface area contributed by atoms with E-state index in [0.29, 0.717) is 10.9 Å². The Hall–Kier alpha value is -1.03. The number of oxazole rings is 1. The van der Waals surface area contributed by atoms with Gasteiger partial charge in [-0.05, 0) is 18.4 Å². The van der Waals surface area contributed by atoms with Gasteiger partial charge in [-0.1, -0.05) is 11.8 Å². The molecule has 0 fully saturated rings. The minimum absolute atomic E-state index is 0.608. The van der Waals surface area contributed by atoms with Crippen molar-refractivity contribution in [1.29, 1.82) is 0 Å². The number of pyridine rings is 1. The molecule has 3 nitrogen and oxygen atoms in total. The van der Waals surface area contributed by atoms with Gasteiger partial charge in [0.2, 0.25) is 5.71 Å². The maximum absolute atomic E-state index is 5.26. The first-order chi connectivity index (χ1) is 5.40. The summed E-state index contributed by atoms with van der Waals surface area (Å²) in [4.78, 5) is 8.17. The summed E-state index contributed by atoms with van der Waals surface area (Å²) in [6, 6.07) is 3.72. The van der Waals surface area contributed by atoms with Crippen LogP contribution in [0.1, 0.15) is 0 Å². The van der Waals surface area contributed by atoms with E-state index in [-0.39, 0.29) is 0 Å². The summed E-state index contributed by atoms with van der Waals surface area (Å²) in [6.07, 6.45) is 3.61. The van der Waals surface area contributed by atoms with Crippen molar-refractivity contribution in [2.24, 2.45) is 0 Å². The Bertz CT molecular complexity index is 338. The fraction of sp³-hybridized carbons (Fsp3) is 0.143. The third kappa shape index (κ3) is 1.09. The first-order valence-electron chi connectivity index (χ1n) is 3.15. The van der Waals surface area contributed by atoms with E-state index in [1.165, 1.54) is 11.8 Å². The zero-order valence-corrected chi connectivity index (χ0v) is 6.76. The lowest BCUT2D eigenvalue weighted by atomic mass is 10.5. The van der Waals surface area contributed by atoms with E-state index >= 15 is 0 Å². The topological polar surface area (TPSA) is 38.9 Å². The average molecular weight is 166 g/mol. The molecule has 2 heterocycles. The molecule has 0 aliphatic carbocycles. The van der Waals surface area contributed by atoms with Crippen LogP contribution >= 0.6 is 11.8 Å². The molecule has 2 aromatic rings. The van der Waals surface area contributed by atoms with Crippen LogP contribution in [0.4, 0.5) is 0 Å². The van der Waals surface area contributed by atoms with Gasteiger partial charge in [-0.15, -0.1) is 0 Å². The van der Waals surface area contributed by atoms with Gasteiger partial charge in [0.05, 0.1) is 0 Å². The van der Waals surface area contributed by atoms with Gasteiger partial charge < -0.3 is 4.42 Å². The largest absolute Gasteiger partial charge is 0.412 e. The Morgan fingerprint density at radius 3 is 3.18 bits per heavy atom. The lowest BCUT2D eigenvalue weighted by Gasteiger charge is -1.79. The molecule has 0 saturated carbocycles. The van der Waals surface area contributed by atoms with Crippen LogP contribution < -0.4 is 0 Å². The van der Waals surface area contributed by atoms with Crippen molar-refractivity contribution in [1.82, 2.24) is 9.97 Å². The van der Waals surface area contributed by atoms with Gasteiger partial charge in [-0.2, -0.15) is 0 Å². The molecule has 0 aliphatic rings. The number of thioether (sulfide) groups is 1. The molecule has 0 unspecified atom stereocenters. The standard InChI is InChI=1S/C7H6N2OS/c1-11-7-9-5-3-2-4-8-6(5)10-7/h2-4H,1H3. The van der Waals surface area contributed by atoms with Gasteiger partial charge in [-0.25, -0.2) is 9.97 Å². The van der Waals surface area contributed by atoms with E-state index < -0.39 is 0 Å². The molecule has 0 amide bonds. The van der Waals surface area contributed by atoms with E-state index in [9.17, 15) is 0 Å². The van der Waals surface area contributed by atoms with Gasteiger partial charge in [0.15, 0.2) is 0 Å².